The molecule has 3 unspecified atom stereocenters. The largest absolute Gasteiger partial charge is 0.377 e. The average molecular weight is 296 g/mol. The van der Waals surface area contributed by atoms with Gasteiger partial charge in [-0.2, -0.15) is 0 Å². The predicted octanol–water partition coefficient (Wildman–Crippen LogP) is 2.35. The number of halogens is 1. The van der Waals surface area contributed by atoms with Gasteiger partial charge in [0.25, 0.3) is 0 Å². The third-order valence-corrected chi connectivity index (χ3v) is 4.13. The summed E-state index contributed by atoms with van der Waals surface area (Å²) < 4.78 is 25.3. The van der Waals surface area contributed by atoms with E-state index in [4.69, 9.17) is 9.47 Å². The molecule has 0 aromatic heterocycles. The van der Waals surface area contributed by atoms with E-state index in [1.807, 2.05) is 17.9 Å². The number of hydrogen-bond acceptors (Lipinski definition) is 4. The van der Waals surface area contributed by atoms with Crippen LogP contribution in [0.4, 0.5) is 10.1 Å². The second-order valence-electron chi connectivity index (χ2n) is 5.41. The lowest BCUT2D eigenvalue weighted by molar-refractivity contribution is -0.00461. The molecule has 3 atom stereocenters. The fraction of sp³-hybridized carbons (Fsp3) is 0.625. The van der Waals surface area contributed by atoms with Crippen molar-refractivity contribution in [1.82, 2.24) is 5.32 Å². The van der Waals surface area contributed by atoms with Gasteiger partial charge in [-0.05, 0) is 25.1 Å². The van der Waals surface area contributed by atoms with E-state index in [0.717, 1.165) is 12.1 Å². The molecule has 1 heterocycles. The number of benzene rings is 1. The minimum absolute atomic E-state index is 0.0307. The first kappa shape index (κ1) is 16.2. The van der Waals surface area contributed by atoms with Crippen LogP contribution in [-0.2, 0) is 9.47 Å². The molecule has 0 aliphatic carbocycles. The van der Waals surface area contributed by atoms with Gasteiger partial charge in [-0.1, -0.05) is 19.1 Å². The van der Waals surface area contributed by atoms with Crippen molar-refractivity contribution in [2.45, 2.75) is 32.1 Å². The summed E-state index contributed by atoms with van der Waals surface area (Å²) in [4.78, 5) is 2.03. The smallest absolute Gasteiger partial charge is 0.146 e. The Morgan fingerprint density at radius 3 is 2.43 bits per heavy atom. The minimum atomic E-state index is -0.191. The molecule has 1 N–H and O–H groups in total. The highest BCUT2D eigenvalue weighted by Crippen LogP contribution is 2.32. The summed E-state index contributed by atoms with van der Waals surface area (Å²) in [6, 6.07) is 5.36. The Morgan fingerprint density at radius 2 is 1.90 bits per heavy atom. The molecule has 0 amide bonds. The number of ether oxygens (including phenoxy) is 2. The normalized spacial score (nSPS) is 23.6. The summed E-state index contributed by atoms with van der Waals surface area (Å²) in [6.45, 7) is 6.23. The maximum absolute atomic E-state index is 14.4. The Labute approximate surface area is 126 Å². The van der Waals surface area contributed by atoms with Gasteiger partial charge in [-0.3, -0.25) is 0 Å². The van der Waals surface area contributed by atoms with Crippen molar-refractivity contribution >= 4 is 5.69 Å². The van der Waals surface area contributed by atoms with Gasteiger partial charge in [0.05, 0.1) is 5.69 Å². The second-order valence-corrected chi connectivity index (χ2v) is 5.41. The summed E-state index contributed by atoms with van der Waals surface area (Å²) in [6.07, 6.45) is -0.0613. The fourth-order valence-electron chi connectivity index (χ4n) is 3.01. The standard InChI is InChI=1S/C16H25FN2O2/c1-5-18-11(2)12-7-6-8-13(17)16(12)19-9-14(20-3)15(10-19)21-4/h6-8,11,14-15,18H,5,9-10H2,1-4H3. The third-order valence-electron chi connectivity index (χ3n) is 4.13. The van der Waals surface area contributed by atoms with Gasteiger partial charge in [0.15, 0.2) is 0 Å². The number of hydrogen-bond donors (Lipinski definition) is 1. The zero-order valence-electron chi connectivity index (χ0n) is 13.2. The van der Waals surface area contributed by atoms with Crippen LogP contribution in [0.15, 0.2) is 18.2 Å². The van der Waals surface area contributed by atoms with Gasteiger partial charge in [-0.25, -0.2) is 4.39 Å². The lowest BCUT2D eigenvalue weighted by Crippen LogP contribution is -2.27. The van der Waals surface area contributed by atoms with Gasteiger partial charge in [0.2, 0.25) is 0 Å². The van der Waals surface area contributed by atoms with Crippen molar-refractivity contribution in [1.29, 1.82) is 0 Å². The van der Waals surface area contributed by atoms with Crippen LogP contribution >= 0.6 is 0 Å². The first-order chi connectivity index (χ1) is 10.1. The quantitative estimate of drug-likeness (QED) is 0.874. The van der Waals surface area contributed by atoms with Crippen molar-refractivity contribution in [2.24, 2.45) is 0 Å². The molecule has 118 valence electrons. The Hall–Kier alpha value is -1.17. The molecular weight excluding hydrogens is 271 g/mol. The highest BCUT2D eigenvalue weighted by molar-refractivity contribution is 5.57. The van der Waals surface area contributed by atoms with Crippen molar-refractivity contribution < 1.29 is 13.9 Å². The van der Waals surface area contributed by atoms with Crippen LogP contribution in [0.2, 0.25) is 0 Å². The third kappa shape index (κ3) is 3.36. The molecule has 0 radical (unpaired) electrons. The monoisotopic (exact) mass is 296 g/mol. The first-order valence-corrected chi connectivity index (χ1v) is 7.44. The molecular formula is C16H25FN2O2. The lowest BCUT2D eigenvalue weighted by atomic mass is 10.0. The summed E-state index contributed by atoms with van der Waals surface area (Å²) in [5.74, 6) is -0.191. The van der Waals surface area contributed by atoms with Crippen LogP contribution in [0.3, 0.4) is 0 Å². The van der Waals surface area contributed by atoms with Gasteiger partial charge in [0, 0.05) is 33.4 Å². The number of nitrogens with one attached hydrogen (secondary N) is 1. The summed E-state index contributed by atoms with van der Waals surface area (Å²) >= 11 is 0. The van der Waals surface area contributed by atoms with Crippen LogP contribution in [0, 0.1) is 5.82 Å². The van der Waals surface area contributed by atoms with Gasteiger partial charge in [0.1, 0.15) is 18.0 Å². The number of nitrogens with zero attached hydrogens (tertiary/aromatic N) is 1. The highest BCUT2D eigenvalue weighted by atomic mass is 19.1. The van der Waals surface area contributed by atoms with E-state index in [9.17, 15) is 4.39 Å². The van der Waals surface area contributed by atoms with Gasteiger partial charge >= 0.3 is 0 Å². The average Bonchev–Trinajstić information content (AvgIpc) is 2.90. The van der Waals surface area contributed by atoms with Crippen molar-refractivity contribution in [2.75, 3.05) is 38.8 Å². The van der Waals surface area contributed by atoms with Crippen molar-refractivity contribution in [3.8, 4) is 0 Å². The Morgan fingerprint density at radius 1 is 1.29 bits per heavy atom. The first-order valence-electron chi connectivity index (χ1n) is 7.44. The number of methoxy groups -OCH3 is 2. The number of para-hydroxylation sites is 1. The topological polar surface area (TPSA) is 33.7 Å². The van der Waals surface area contributed by atoms with Gasteiger partial charge in [-0.15, -0.1) is 0 Å². The molecule has 1 aliphatic heterocycles. The van der Waals surface area contributed by atoms with Crippen LogP contribution in [0.1, 0.15) is 25.5 Å². The van der Waals surface area contributed by atoms with Crippen molar-refractivity contribution in [3.63, 3.8) is 0 Å². The molecule has 1 aromatic rings. The Kier molecular flexibility index (Phi) is 5.56. The highest BCUT2D eigenvalue weighted by Gasteiger charge is 2.35. The molecule has 1 saturated heterocycles. The van der Waals surface area contributed by atoms with E-state index >= 15 is 0 Å². The van der Waals surface area contributed by atoms with Gasteiger partial charge < -0.3 is 19.7 Å². The van der Waals surface area contributed by atoms with E-state index < -0.39 is 0 Å². The molecule has 21 heavy (non-hydrogen) atoms. The Balaban J connectivity index is 2.31. The fourth-order valence-corrected chi connectivity index (χ4v) is 3.01. The van der Waals surface area contributed by atoms with E-state index in [0.29, 0.717) is 18.8 Å². The van der Waals surface area contributed by atoms with Crippen LogP contribution in [-0.4, -0.2) is 46.1 Å². The second kappa shape index (κ2) is 7.20. The SMILES string of the molecule is CCNC(C)c1cccc(F)c1N1CC(OC)C(OC)C1. The molecule has 1 aromatic carbocycles. The zero-order chi connectivity index (χ0) is 15.4. The van der Waals surface area contributed by atoms with Crippen LogP contribution in [0.5, 0.6) is 0 Å². The molecule has 0 saturated carbocycles. The Bertz CT molecular complexity index is 458. The summed E-state index contributed by atoms with van der Waals surface area (Å²) in [5, 5.41) is 3.35. The number of rotatable bonds is 6. The summed E-state index contributed by atoms with van der Waals surface area (Å²) in [5.41, 5.74) is 1.64. The number of anilines is 1. The molecule has 1 aliphatic rings. The van der Waals surface area contributed by atoms with Crippen molar-refractivity contribution in [3.05, 3.63) is 29.6 Å². The van der Waals surface area contributed by atoms with E-state index in [1.165, 1.54) is 6.07 Å². The van der Waals surface area contributed by atoms with Crippen LogP contribution < -0.4 is 10.2 Å². The maximum Gasteiger partial charge on any atom is 0.146 e. The van der Waals surface area contributed by atoms with E-state index in [-0.39, 0.29) is 24.1 Å². The van der Waals surface area contributed by atoms with E-state index in [2.05, 4.69) is 12.2 Å². The van der Waals surface area contributed by atoms with Crippen LogP contribution in [0.25, 0.3) is 0 Å². The molecule has 5 heteroatoms. The van der Waals surface area contributed by atoms with E-state index in [1.54, 1.807) is 20.3 Å². The minimum Gasteiger partial charge on any atom is -0.377 e. The lowest BCUT2D eigenvalue weighted by Gasteiger charge is -2.25. The molecule has 0 bridgehead atoms. The predicted molar refractivity (Wildman–Crippen MR) is 82.3 cm³/mol. The maximum atomic E-state index is 14.4. The molecule has 2 rings (SSSR count). The molecule has 0 spiro atoms. The summed E-state index contributed by atoms with van der Waals surface area (Å²) in [7, 11) is 3.34. The zero-order valence-corrected chi connectivity index (χ0v) is 13.2. The molecule has 4 nitrogen and oxygen atoms in total. The molecule has 1 fully saturated rings.